The quantitative estimate of drug-likeness (QED) is 0.776. The van der Waals surface area contributed by atoms with Crippen molar-refractivity contribution < 1.29 is 13.2 Å². The van der Waals surface area contributed by atoms with Crippen LogP contribution >= 0.6 is 15.9 Å². The second-order valence-corrected chi connectivity index (χ2v) is 9.55. The first-order valence-corrected chi connectivity index (χ1v) is 10.8. The van der Waals surface area contributed by atoms with Crippen LogP contribution in [0.5, 0.6) is 0 Å². The normalized spacial score (nSPS) is 24.6. The zero-order chi connectivity index (χ0) is 17.3. The lowest BCUT2D eigenvalue weighted by atomic mass is 9.87. The molecule has 2 aliphatic carbocycles. The Labute approximate surface area is 151 Å². The van der Waals surface area contributed by atoms with Crippen molar-refractivity contribution in [2.75, 3.05) is 0 Å². The molecule has 5 nitrogen and oxygen atoms in total. The minimum atomic E-state index is -3.56. The predicted octanol–water partition coefficient (Wildman–Crippen LogP) is 3.20. The highest BCUT2D eigenvalue weighted by molar-refractivity contribution is 9.10. The maximum absolute atomic E-state index is 12.6. The lowest BCUT2D eigenvalue weighted by Gasteiger charge is -2.27. The topological polar surface area (TPSA) is 75.3 Å². The van der Waals surface area contributed by atoms with Crippen molar-refractivity contribution in [2.45, 2.75) is 62.4 Å². The number of sulfonamides is 1. The largest absolute Gasteiger partial charge is 0.349 e. The Bertz CT molecular complexity index is 731. The van der Waals surface area contributed by atoms with Gasteiger partial charge in [-0.2, -0.15) is 0 Å². The van der Waals surface area contributed by atoms with Crippen molar-refractivity contribution in [3.8, 4) is 0 Å². The summed E-state index contributed by atoms with van der Waals surface area (Å²) in [4.78, 5) is 12.7. The molecular weight excluding hydrogens is 392 g/mol. The number of benzene rings is 1. The van der Waals surface area contributed by atoms with E-state index in [1.807, 2.05) is 0 Å². The van der Waals surface area contributed by atoms with Gasteiger partial charge in [0, 0.05) is 16.6 Å². The Morgan fingerprint density at radius 2 is 1.92 bits per heavy atom. The SMILES string of the molecule is CC1CCCC(NC(=O)c2cc(S(=O)(=O)NC3CC3)ccc2Br)C1. The van der Waals surface area contributed by atoms with Crippen molar-refractivity contribution in [3.63, 3.8) is 0 Å². The van der Waals surface area contributed by atoms with Crippen molar-refractivity contribution in [3.05, 3.63) is 28.2 Å². The molecule has 7 heteroatoms. The fourth-order valence-corrected chi connectivity index (χ4v) is 4.92. The zero-order valence-electron chi connectivity index (χ0n) is 13.7. The number of carbonyl (C=O) groups excluding carboxylic acids is 1. The van der Waals surface area contributed by atoms with Crippen LogP contribution in [0.3, 0.4) is 0 Å². The molecular formula is C17H23BrN2O3S. The molecule has 0 aliphatic heterocycles. The van der Waals surface area contributed by atoms with Crippen molar-refractivity contribution in [1.29, 1.82) is 0 Å². The smallest absolute Gasteiger partial charge is 0.252 e. The highest BCUT2D eigenvalue weighted by Crippen LogP contribution is 2.27. The van der Waals surface area contributed by atoms with E-state index in [0.29, 0.717) is 16.0 Å². The van der Waals surface area contributed by atoms with E-state index in [1.54, 1.807) is 6.07 Å². The predicted molar refractivity (Wildman–Crippen MR) is 96.4 cm³/mol. The third-order valence-electron chi connectivity index (χ3n) is 4.66. The van der Waals surface area contributed by atoms with Gasteiger partial charge in [-0.15, -0.1) is 0 Å². The monoisotopic (exact) mass is 414 g/mol. The molecule has 1 amide bonds. The van der Waals surface area contributed by atoms with Crippen LogP contribution in [0, 0.1) is 5.92 Å². The van der Waals surface area contributed by atoms with Gasteiger partial charge < -0.3 is 5.32 Å². The van der Waals surface area contributed by atoms with E-state index in [2.05, 4.69) is 32.9 Å². The van der Waals surface area contributed by atoms with Crippen molar-refractivity contribution in [2.24, 2.45) is 5.92 Å². The third-order valence-corrected chi connectivity index (χ3v) is 6.87. The average Bonchev–Trinajstić information content (AvgIpc) is 3.30. The van der Waals surface area contributed by atoms with Gasteiger partial charge in [-0.1, -0.05) is 19.8 Å². The number of nitrogens with one attached hydrogen (secondary N) is 2. The van der Waals surface area contributed by atoms with Gasteiger partial charge in [0.1, 0.15) is 0 Å². The van der Waals surface area contributed by atoms with Crippen LogP contribution in [-0.4, -0.2) is 26.4 Å². The first kappa shape index (κ1) is 17.9. The maximum Gasteiger partial charge on any atom is 0.252 e. The first-order chi connectivity index (χ1) is 11.3. The molecule has 0 spiro atoms. The summed E-state index contributed by atoms with van der Waals surface area (Å²) in [6.07, 6.45) is 6.04. The van der Waals surface area contributed by atoms with Crippen molar-refractivity contribution in [1.82, 2.24) is 10.0 Å². The molecule has 0 radical (unpaired) electrons. The van der Waals surface area contributed by atoms with Crippen LogP contribution in [0.2, 0.25) is 0 Å². The molecule has 24 heavy (non-hydrogen) atoms. The number of hydrogen-bond acceptors (Lipinski definition) is 3. The second-order valence-electron chi connectivity index (χ2n) is 6.98. The summed E-state index contributed by atoms with van der Waals surface area (Å²) in [5.41, 5.74) is 0.367. The molecule has 132 valence electrons. The van der Waals surface area contributed by atoms with E-state index in [9.17, 15) is 13.2 Å². The molecule has 2 atom stereocenters. The molecule has 2 fully saturated rings. The van der Waals surface area contributed by atoms with Gasteiger partial charge in [-0.25, -0.2) is 13.1 Å². The Balaban J connectivity index is 1.76. The maximum atomic E-state index is 12.6. The molecule has 0 bridgehead atoms. The van der Waals surface area contributed by atoms with Crippen LogP contribution in [0.15, 0.2) is 27.6 Å². The van der Waals surface area contributed by atoms with Gasteiger partial charge in [-0.05, 0) is 65.7 Å². The molecule has 1 aromatic carbocycles. The number of halogens is 1. The molecule has 0 aromatic heterocycles. The summed E-state index contributed by atoms with van der Waals surface area (Å²) in [7, 11) is -3.56. The summed E-state index contributed by atoms with van der Waals surface area (Å²) in [6.45, 7) is 2.20. The molecule has 2 aliphatic rings. The molecule has 2 saturated carbocycles. The lowest BCUT2D eigenvalue weighted by Crippen LogP contribution is -2.38. The van der Waals surface area contributed by atoms with Gasteiger partial charge >= 0.3 is 0 Å². The second kappa shape index (κ2) is 7.14. The van der Waals surface area contributed by atoms with E-state index < -0.39 is 10.0 Å². The van der Waals surface area contributed by atoms with Crippen LogP contribution in [0.4, 0.5) is 0 Å². The van der Waals surface area contributed by atoms with Crippen LogP contribution < -0.4 is 10.0 Å². The number of rotatable bonds is 5. The van der Waals surface area contributed by atoms with Crippen LogP contribution in [0.25, 0.3) is 0 Å². The number of hydrogen-bond donors (Lipinski definition) is 2. The van der Waals surface area contributed by atoms with Crippen LogP contribution in [0.1, 0.15) is 55.8 Å². The lowest BCUT2D eigenvalue weighted by molar-refractivity contribution is 0.0920. The van der Waals surface area contributed by atoms with Crippen molar-refractivity contribution >= 4 is 31.9 Å². The molecule has 3 rings (SSSR count). The van der Waals surface area contributed by atoms with Gasteiger partial charge in [0.15, 0.2) is 0 Å². The summed E-state index contributed by atoms with van der Waals surface area (Å²) < 4.78 is 27.9. The van der Waals surface area contributed by atoms with Gasteiger partial charge in [-0.3, -0.25) is 4.79 Å². The van der Waals surface area contributed by atoms with E-state index in [4.69, 9.17) is 0 Å². The van der Waals surface area contributed by atoms with Crippen LogP contribution in [-0.2, 0) is 10.0 Å². The Morgan fingerprint density at radius 1 is 1.17 bits per heavy atom. The van der Waals surface area contributed by atoms with Gasteiger partial charge in [0.05, 0.1) is 10.5 Å². The summed E-state index contributed by atoms with van der Waals surface area (Å²) in [6, 6.07) is 4.81. The third kappa shape index (κ3) is 4.37. The summed E-state index contributed by atoms with van der Waals surface area (Å²) in [5, 5.41) is 3.05. The Hall–Kier alpha value is -0.920. The molecule has 2 unspecified atom stereocenters. The number of carbonyl (C=O) groups is 1. The fraction of sp³-hybridized carbons (Fsp3) is 0.588. The van der Waals surface area contributed by atoms with E-state index in [0.717, 1.165) is 32.1 Å². The van der Waals surface area contributed by atoms with E-state index in [-0.39, 0.29) is 22.9 Å². The first-order valence-electron chi connectivity index (χ1n) is 8.48. The van der Waals surface area contributed by atoms with Gasteiger partial charge in [0.2, 0.25) is 10.0 Å². The fourth-order valence-electron chi connectivity index (χ4n) is 3.16. The standard InChI is InChI=1S/C17H23BrN2O3S/c1-11-3-2-4-13(9-11)19-17(21)15-10-14(7-8-16(15)18)24(22,23)20-12-5-6-12/h7-8,10-13,20H,2-6,9H2,1H3,(H,19,21). The molecule has 0 heterocycles. The van der Waals surface area contributed by atoms with Gasteiger partial charge in [0.25, 0.3) is 5.91 Å². The minimum absolute atomic E-state index is 0.0413. The zero-order valence-corrected chi connectivity index (χ0v) is 16.1. The highest BCUT2D eigenvalue weighted by atomic mass is 79.9. The average molecular weight is 415 g/mol. The Morgan fingerprint density at radius 3 is 2.58 bits per heavy atom. The highest BCUT2D eigenvalue weighted by Gasteiger charge is 2.29. The van der Waals surface area contributed by atoms with E-state index in [1.165, 1.54) is 18.6 Å². The molecule has 1 aromatic rings. The van der Waals surface area contributed by atoms with E-state index >= 15 is 0 Å². The molecule has 2 N–H and O–H groups in total. The summed E-state index contributed by atoms with van der Waals surface area (Å²) >= 11 is 3.36. The Kier molecular flexibility index (Phi) is 5.32. The summed E-state index contributed by atoms with van der Waals surface area (Å²) in [5.74, 6) is 0.395. The minimum Gasteiger partial charge on any atom is -0.349 e. The molecule has 0 saturated heterocycles. The number of amides is 1.